The second-order valence-corrected chi connectivity index (χ2v) is 5.89. The molecule has 2 heterocycles. The van der Waals surface area contributed by atoms with Crippen molar-refractivity contribution in [1.29, 1.82) is 0 Å². The fraction of sp³-hybridized carbons (Fsp3) is 0.357. The monoisotopic (exact) mass is 304 g/mol. The van der Waals surface area contributed by atoms with Gasteiger partial charge in [0.05, 0.1) is 0 Å². The van der Waals surface area contributed by atoms with Crippen molar-refractivity contribution in [2.24, 2.45) is 7.05 Å². The Labute approximate surface area is 126 Å². The number of nitrogens with zero attached hydrogens (tertiary/aromatic N) is 3. The van der Waals surface area contributed by atoms with Gasteiger partial charge in [-0.2, -0.15) is 0 Å². The van der Waals surface area contributed by atoms with Crippen LogP contribution in [0.1, 0.15) is 21.7 Å². The SMILES string of the molecule is CSc1ccc2c(c1)CCN(C(=O)c1nn(C)c(=O)[nH]1)C2. The number of hydrogen-bond acceptors (Lipinski definition) is 4. The first kappa shape index (κ1) is 13.9. The van der Waals surface area contributed by atoms with Crippen LogP contribution in [0, 0.1) is 0 Å². The first-order valence-corrected chi connectivity index (χ1v) is 7.89. The molecule has 7 heteroatoms. The zero-order chi connectivity index (χ0) is 15.0. The third-order valence-corrected chi connectivity index (χ3v) is 4.41. The van der Waals surface area contributed by atoms with Crippen molar-refractivity contribution in [3.63, 3.8) is 0 Å². The van der Waals surface area contributed by atoms with Gasteiger partial charge in [-0.1, -0.05) is 6.07 Å². The first-order chi connectivity index (χ1) is 10.1. The lowest BCUT2D eigenvalue weighted by Gasteiger charge is -2.28. The highest BCUT2D eigenvalue weighted by molar-refractivity contribution is 7.98. The highest BCUT2D eigenvalue weighted by atomic mass is 32.2. The van der Waals surface area contributed by atoms with E-state index in [1.165, 1.54) is 17.5 Å². The Morgan fingerprint density at radius 2 is 2.19 bits per heavy atom. The van der Waals surface area contributed by atoms with E-state index < -0.39 is 0 Å². The quantitative estimate of drug-likeness (QED) is 0.841. The largest absolute Gasteiger partial charge is 0.343 e. The number of thioether (sulfide) groups is 1. The predicted octanol–water partition coefficient (Wildman–Crippen LogP) is 1.03. The van der Waals surface area contributed by atoms with Crippen LogP contribution in [-0.4, -0.2) is 38.4 Å². The Kier molecular flexibility index (Phi) is 3.59. The Bertz CT molecular complexity index is 750. The summed E-state index contributed by atoms with van der Waals surface area (Å²) in [6.07, 6.45) is 2.88. The van der Waals surface area contributed by atoms with Crippen LogP contribution in [0.2, 0.25) is 0 Å². The second-order valence-electron chi connectivity index (χ2n) is 5.01. The van der Waals surface area contributed by atoms with Gasteiger partial charge in [0.25, 0.3) is 5.91 Å². The molecule has 0 fully saturated rings. The average Bonchev–Trinajstić information content (AvgIpc) is 2.85. The zero-order valence-electron chi connectivity index (χ0n) is 11.9. The molecule has 1 amide bonds. The highest BCUT2D eigenvalue weighted by Gasteiger charge is 2.24. The van der Waals surface area contributed by atoms with E-state index in [1.807, 2.05) is 0 Å². The van der Waals surface area contributed by atoms with Crippen molar-refractivity contribution in [2.75, 3.05) is 12.8 Å². The zero-order valence-corrected chi connectivity index (χ0v) is 12.7. The molecule has 0 saturated heterocycles. The molecule has 0 aliphatic carbocycles. The Hall–Kier alpha value is -2.02. The molecule has 1 N–H and O–H groups in total. The molecular weight excluding hydrogens is 288 g/mol. The molecule has 0 spiro atoms. The highest BCUT2D eigenvalue weighted by Crippen LogP contribution is 2.24. The van der Waals surface area contributed by atoms with Crippen molar-refractivity contribution >= 4 is 17.7 Å². The number of carbonyl (C=O) groups excluding carboxylic acids is 1. The van der Waals surface area contributed by atoms with Crippen LogP contribution < -0.4 is 5.69 Å². The summed E-state index contributed by atoms with van der Waals surface area (Å²) >= 11 is 1.72. The van der Waals surface area contributed by atoms with E-state index in [2.05, 4.69) is 34.5 Å². The molecule has 0 bridgehead atoms. The van der Waals surface area contributed by atoms with E-state index in [0.29, 0.717) is 13.1 Å². The van der Waals surface area contributed by atoms with Crippen LogP contribution >= 0.6 is 11.8 Å². The molecule has 1 aliphatic rings. The minimum Gasteiger partial charge on any atom is -0.331 e. The van der Waals surface area contributed by atoms with Crippen molar-refractivity contribution in [3.8, 4) is 0 Å². The number of amides is 1. The number of H-pyrrole nitrogens is 1. The molecule has 110 valence electrons. The van der Waals surface area contributed by atoms with Crippen LogP contribution in [0.15, 0.2) is 27.9 Å². The molecular formula is C14H16N4O2S. The van der Waals surface area contributed by atoms with Gasteiger partial charge in [0, 0.05) is 25.0 Å². The molecule has 0 saturated carbocycles. The smallest absolute Gasteiger partial charge is 0.331 e. The van der Waals surface area contributed by atoms with Crippen LogP contribution in [-0.2, 0) is 20.0 Å². The fourth-order valence-corrected chi connectivity index (χ4v) is 2.94. The average molecular weight is 304 g/mol. The maximum absolute atomic E-state index is 12.4. The topological polar surface area (TPSA) is 71.0 Å². The van der Waals surface area contributed by atoms with E-state index >= 15 is 0 Å². The summed E-state index contributed by atoms with van der Waals surface area (Å²) in [6.45, 7) is 1.20. The van der Waals surface area contributed by atoms with Crippen molar-refractivity contribution in [2.45, 2.75) is 17.9 Å². The van der Waals surface area contributed by atoms with Gasteiger partial charge in [0.15, 0.2) is 0 Å². The number of fused-ring (bicyclic) bond motifs is 1. The third kappa shape index (κ3) is 2.61. The fourth-order valence-electron chi connectivity index (χ4n) is 2.48. The van der Waals surface area contributed by atoms with E-state index in [9.17, 15) is 9.59 Å². The molecule has 1 aromatic carbocycles. The number of carbonyl (C=O) groups is 1. The Morgan fingerprint density at radius 1 is 1.38 bits per heavy atom. The Morgan fingerprint density at radius 3 is 2.86 bits per heavy atom. The minimum atomic E-state index is -0.375. The molecule has 2 aromatic rings. The van der Waals surface area contributed by atoms with Crippen molar-refractivity contribution in [1.82, 2.24) is 19.7 Å². The molecule has 0 radical (unpaired) electrons. The molecule has 1 aliphatic heterocycles. The lowest BCUT2D eigenvalue weighted by atomic mass is 10.00. The lowest BCUT2D eigenvalue weighted by molar-refractivity contribution is 0.0722. The van der Waals surface area contributed by atoms with Gasteiger partial charge >= 0.3 is 5.69 Å². The molecule has 1 aromatic heterocycles. The number of hydrogen-bond donors (Lipinski definition) is 1. The summed E-state index contributed by atoms with van der Waals surface area (Å²) in [5.41, 5.74) is 2.08. The number of nitrogens with one attached hydrogen (secondary N) is 1. The normalized spacial score (nSPS) is 14.1. The molecule has 0 unspecified atom stereocenters. The summed E-state index contributed by atoms with van der Waals surface area (Å²) in [4.78, 5) is 29.2. The van der Waals surface area contributed by atoms with Gasteiger partial charge in [0.2, 0.25) is 5.82 Å². The molecule has 6 nitrogen and oxygen atoms in total. The van der Waals surface area contributed by atoms with E-state index in [0.717, 1.165) is 16.7 Å². The first-order valence-electron chi connectivity index (χ1n) is 6.67. The van der Waals surface area contributed by atoms with Crippen LogP contribution in [0.25, 0.3) is 0 Å². The summed E-state index contributed by atoms with van der Waals surface area (Å²) in [7, 11) is 1.52. The number of benzene rings is 1. The van der Waals surface area contributed by atoms with E-state index in [1.54, 1.807) is 16.7 Å². The maximum Gasteiger partial charge on any atom is 0.343 e. The van der Waals surface area contributed by atoms with Crippen molar-refractivity contribution < 1.29 is 4.79 Å². The van der Waals surface area contributed by atoms with Crippen LogP contribution in [0.3, 0.4) is 0 Å². The molecule has 21 heavy (non-hydrogen) atoms. The predicted molar refractivity (Wildman–Crippen MR) is 80.5 cm³/mol. The standard InChI is InChI=1S/C14H16N4O2S/c1-17-14(20)15-12(16-17)13(19)18-6-5-9-7-11(21-2)4-3-10(9)8-18/h3-4,7H,5-6,8H2,1-2H3,(H,15,16,20). The van der Waals surface area contributed by atoms with Crippen molar-refractivity contribution in [3.05, 3.63) is 45.6 Å². The Balaban J connectivity index is 1.82. The minimum absolute atomic E-state index is 0.103. The van der Waals surface area contributed by atoms with Gasteiger partial charge in [-0.3, -0.25) is 9.78 Å². The number of rotatable bonds is 2. The summed E-state index contributed by atoms with van der Waals surface area (Å²) in [5, 5.41) is 3.92. The number of aromatic nitrogens is 3. The third-order valence-electron chi connectivity index (χ3n) is 3.68. The van der Waals surface area contributed by atoms with Gasteiger partial charge < -0.3 is 4.90 Å². The van der Waals surface area contributed by atoms with Gasteiger partial charge in [0.1, 0.15) is 0 Å². The molecule has 3 rings (SSSR count). The number of aryl methyl sites for hydroxylation is 1. The van der Waals surface area contributed by atoms with Crippen LogP contribution in [0.4, 0.5) is 0 Å². The van der Waals surface area contributed by atoms with E-state index in [4.69, 9.17) is 0 Å². The second kappa shape index (κ2) is 5.40. The summed E-state index contributed by atoms with van der Waals surface area (Å²) < 4.78 is 1.13. The summed E-state index contributed by atoms with van der Waals surface area (Å²) in [5.74, 6) is -0.126. The van der Waals surface area contributed by atoms with Gasteiger partial charge in [-0.15, -0.1) is 16.9 Å². The maximum atomic E-state index is 12.4. The van der Waals surface area contributed by atoms with Crippen LogP contribution in [0.5, 0.6) is 0 Å². The number of aromatic amines is 1. The van der Waals surface area contributed by atoms with E-state index in [-0.39, 0.29) is 17.4 Å². The van der Waals surface area contributed by atoms with Gasteiger partial charge in [-0.05, 0) is 35.9 Å². The lowest BCUT2D eigenvalue weighted by Crippen LogP contribution is -2.36. The van der Waals surface area contributed by atoms with Gasteiger partial charge in [-0.25, -0.2) is 9.48 Å². The summed E-state index contributed by atoms with van der Waals surface area (Å²) in [6, 6.07) is 6.33. The molecule has 0 atom stereocenters.